The van der Waals surface area contributed by atoms with Crippen LogP contribution in [-0.2, 0) is 9.53 Å². The molecule has 4 rings (SSSR count). The number of nitrogens with zero attached hydrogens (tertiary/aromatic N) is 3. The van der Waals surface area contributed by atoms with Gasteiger partial charge in [-0.05, 0) is 42.5 Å². The lowest BCUT2D eigenvalue weighted by molar-refractivity contribution is -0.113. The molecule has 156 valence electrons. The Morgan fingerprint density at radius 1 is 1.07 bits per heavy atom. The van der Waals surface area contributed by atoms with Crippen molar-refractivity contribution in [1.29, 1.82) is 0 Å². The van der Waals surface area contributed by atoms with Crippen molar-refractivity contribution in [3.05, 3.63) is 52.5 Å². The van der Waals surface area contributed by atoms with Crippen molar-refractivity contribution in [2.45, 2.75) is 5.22 Å². The van der Waals surface area contributed by atoms with Crippen molar-refractivity contribution in [2.75, 3.05) is 42.3 Å². The molecule has 3 aromatic rings. The minimum atomic E-state index is -0.192. The van der Waals surface area contributed by atoms with E-state index in [1.54, 1.807) is 30.3 Å². The molecule has 30 heavy (non-hydrogen) atoms. The Hall–Kier alpha value is -2.26. The van der Waals surface area contributed by atoms with E-state index in [9.17, 15) is 4.79 Å². The summed E-state index contributed by atoms with van der Waals surface area (Å²) < 4.78 is 11.0. The topological polar surface area (TPSA) is 80.5 Å². The summed E-state index contributed by atoms with van der Waals surface area (Å²) in [5.41, 5.74) is 2.35. The molecule has 1 aliphatic rings. The van der Waals surface area contributed by atoms with Crippen LogP contribution < -0.4 is 10.2 Å². The molecule has 0 aliphatic carbocycles. The first-order valence-electron chi connectivity index (χ1n) is 9.23. The smallest absolute Gasteiger partial charge is 0.277 e. The number of nitrogens with one attached hydrogen (secondary N) is 1. The minimum absolute atomic E-state index is 0.122. The predicted octanol–water partition coefficient (Wildman–Crippen LogP) is 4.61. The molecule has 2 heterocycles. The van der Waals surface area contributed by atoms with Gasteiger partial charge in [0.05, 0.1) is 30.3 Å². The molecule has 0 unspecified atom stereocenters. The lowest BCUT2D eigenvalue weighted by atomic mass is 10.2. The molecule has 10 heteroatoms. The number of ether oxygens (including phenoxy) is 1. The van der Waals surface area contributed by atoms with E-state index in [0.29, 0.717) is 40.1 Å². The fourth-order valence-corrected chi connectivity index (χ4v) is 3.84. The van der Waals surface area contributed by atoms with Crippen molar-refractivity contribution in [1.82, 2.24) is 10.2 Å². The number of hydrogen-bond donors (Lipinski definition) is 1. The van der Waals surface area contributed by atoms with Gasteiger partial charge >= 0.3 is 0 Å². The molecule has 1 aliphatic heterocycles. The van der Waals surface area contributed by atoms with E-state index in [-0.39, 0.29) is 11.7 Å². The molecule has 1 fully saturated rings. The zero-order valence-corrected chi connectivity index (χ0v) is 18.1. The normalized spacial score (nSPS) is 14.0. The van der Waals surface area contributed by atoms with Crippen LogP contribution in [0.1, 0.15) is 0 Å². The maximum absolute atomic E-state index is 12.5. The van der Waals surface area contributed by atoms with Gasteiger partial charge in [-0.25, -0.2) is 0 Å². The Labute approximate surface area is 187 Å². The first-order chi connectivity index (χ1) is 14.6. The van der Waals surface area contributed by atoms with Crippen molar-refractivity contribution in [3.63, 3.8) is 0 Å². The van der Waals surface area contributed by atoms with Gasteiger partial charge in [-0.3, -0.25) is 4.79 Å². The van der Waals surface area contributed by atoms with Crippen LogP contribution in [0.3, 0.4) is 0 Å². The van der Waals surface area contributed by atoms with E-state index in [0.717, 1.165) is 24.3 Å². The zero-order chi connectivity index (χ0) is 20.9. The van der Waals surface area contributed by atoms with Crippen LogP contribution in [0.2, 0.25) is 10.0 Å². The number of carbonyl (C=O) groups excluding carboxylic acids is 1. The van der Waals surface area contributed by atoms with Gasteiger partial charge in [-0.15, -0.1) is 10.2 Å². The van der Waals surface area contributed by atoms with Crippen LogP contribution in [0.25, 0.3) is 11.5 Å². The van der Waals surface area contributed by atoms with E-state index in [1.165, 1.54) is 11.8 Å². The van der Waals surface area contributed by atoms with E-state index < -0.39 is 0 Å². The fourth-order valence-electron chi connectivity index (χ4n) is 2.98. The number of aromatic nitrogens is 2. The lowest BCUT2D eigenvalue weighted by Gasteiger charge is -2.30. The molecule has 7 nitrogen and oxygen atoms in total. The highest BCUT2D eigenvalue weighted by Crippen LogP contribution is 2.30. The van der Waals surface area contributed by atoms with Gasteiger partial charge in [-0.2, -0.15) is 0 Å². The Morgan fingerprint density at radius 3 is 2.57 bits per heavy atom. The highest BCUT2D eigenvalue weighted by atomic mass is 35.5. The van der Waals surface area contributed by atoms with Crippen LogP contribution in [-0.4, -0.2) is 48.2 Å². The molecule has 2 aromatic carbocycles. The average molecular weight is 465 g/mol. The Balaban J connectivity index is 1.38. The van der Waals surface area contributed by atoms with Gasteiger partial charge in [0.15, 0.2) is 0 Å². The quantitative estimate of drug-likeness (QED) is 0.533. The number of benzene rings is 2. The number of thioether (sulfide) groups is 1. The summed E-state index contributed by atoms with van der Waals surface area (Å²) in [5.74, 6) is 0.305. The summed E-state index contributed by atoms with van der Waals surface area (Å²) in [4.78, 5) is 14.7. The van der Waals surface area contributed by atoms with Crippen LogP contribution in [0, 0.1) is 0 Å². The van der Waals surface area contributed by atoms with Crippen LogP contribution >= 0.6 is 35.0 Å². The molecule has 0 spiro atoms. The van der Waals surface area contributed by atoms with Crippen LogP contribution in [0.4, 0.5) is 11.4 Å². The third kappa shape index (κ3) is 5.26. The number of amides is 1. The molecule has 1 amide bonds. The van der Waals surface area contributed by atoms with Gasteiger partial charge in [0, 0.05) is 28.7 Å². The predicted molar refractivity (Wildman–Crippen MR) is 119 cm³/mol. The zero-order valence-electron chi connectivity index (χ0n) is 15.8. The van der Waals surface area contributed by atoms with Gasteiger partial charge in [0.2, 0.25) is 11.8 Å². The summed E-state index contributed by atoms with van der Waals surface area (Å²) in [6.07, 6.45) is 0. The molecule has 0 radical (unpaired) electrons. The summed E-state index contributed by atoms with van der Waals surface area (Å²) >= 11 is 13.2. The molecular formula is C20H18Cl2N4O3S. The summed E-state index contributed by atoms with van der Waals surface area (Å²) in [6.45, 7) is 2.82. The number of carbonyl (C=O) groups is 1. The standard InChI is InChI=1S/C20H18Cl2N4O3S/c21-14-3-1-13(2-4-14)19-24-25-20(29-19)30-12-18(27)23-16-11-15(22)5-6-17(16)26-7-9-28-10-8-26/h1-6,11H,7-10,12H2,(H,23,27). The van der Waals surface area contributed by atoms with E-state index >= 15 is 0 Å². The van der Waals surface area contributed by atoms with Crippen LogP contribution in [0.5, 0.6) is 0 Å². The van der Waals surface area contributed by atoms with Gasteiger partial charge in [0.25, 0.3) is 5.22 Å². The number of anilines is 2. The van der Waals surface area contributed by atoms with Crippen molar-refractivity contribution in [3.8, 4) is 11.5 Å². The van der Waals surface area contributed by atoms with E-state index in [4.69, 9.17) is 32.4 Å². The average Bonchev–Trinajstić information content (AvgIpc) is 3.23. The molecule has 1 aromatic heterocycles. The third-order valence-corrected chi connectivity index (χ3v) is 5.71. The summed E-state index contributed by atoms with van der Waals surface area (Å²) in [5, 5.41) is 12.4. The highest BCUT2D eigenvalue weighted by molar-refractivity contribution is 7.99. The van der Waals surface area contributed by atoms with Crippen molar-refractivity contribution >= 4 is 52.2 Å². The second-order valence-electron chi connectivity index (χ2n) is 6.48. The maximum Gasteiger partial charge on any atom is 0.277 e. The molecular weight excluding hydrogens is 447 g/mol. The minimum Gasteiger partial charge on any atom is -0.411 e. The third-order valence-electron chi connectivity index (χ3n) is 4.41. The lowest BCUT2D eigenvalue weighted by Crippen LogP contribution is -2.36. The van der Waals surface area contributed by atoms with Crippen molar-refractivity contribution < 1.29 is 13.9 Å². The van der Waals surface area contributed by atoms with Gasteiger partial charge in [0.1, 0.15) is 0 Å². The molecule has 0 atom stereocenters. The molecule has 0 saturated carbocycles. The number of morpholine rings is 1. The fraction of sp³-hybridized carbons (Fsp3) is 0.250. The second kappa shape index (κ2) is 9.70. The largest absolute Gasteiger partial charge is 0.411 e. The molecule has 1 saturated heterocycles. The van der Waals surface area contributed by atoms with E-state index in [1.807, 2.05) is 12.1 Å². The maximum atomic E-state index is 12.5. The van der Waals surface area contributed by atoms with Crippen molar-refractivity contribution in [2.24, 2.45) is 0 Å². The summed E-state index contributed by atoms with van der Waals surface area (Å²) in [7, 11) is 0. The Bertz CT molecular complexity index is 1020. The van der Waals surface area contributed by atoms with Crippen LogP contribution in [0.15, 0.2) is 52.1 Å². The summed E-state index contributed by atoms with van der Waals surface area (Å²) in [6, 6.07) is 12.6. The molecule has 0 bridgehead atoms. The monoisotopic (exact) mass is 464 g/mol. The van der Waals surface area contributed by atoms with E-state index in [2.05, 4.69) is 20.4 Å². The number of rotatable bonds is 6. The Kier molecular flexibility index (Phi) is 6.79. The van der Waals surface area contributed by atoms with Gasteiger partial charge in [-0.1, -0.05) is 35.0 Å². The number of hydrogen-bond acceptors (Lipinski definition) is 7. The Morgan fingerprint density at radius 2 is 1.80 bits per heavy atom. The first-order valence-corrected chi connectivity index (χ1v) is 11.0. The first kappa shape index (κ1) is 21.0. The SMILES string of the molecule is O=C(CSc1nnc(-c2ccc(Cl)cc2)o1)Nc1cc(Cl)ccc1N1CCOCC1. The van der Waals surface area contributed by atoms with Gasteiger partial charge < -0.3 is 19.4 Å². The second-order valence-corrected chi connectivity index (χ2v) is 8.28. The molecule has 1 N–H and O–H groups in total. The number of halogens is 2. The highest BCUT2D eigenvalue weighted by Gasteiger charge is 2.17.